The van der Waals surface area contributed by atoms with Crippen LogP contribution in [0.5, 0.6) is 0 Å². The molecular weight excluding hydrogens is 392 g/mol. The lowest BCUT2D eigenvalue weighted by Crippen LogP contribution is -2.42. The molecule has 4 rings (SSSR count). The first-order chi connectivity index (χ1) is 14.0. The number of nitrogens with zero attached hydrogens (tertiary/aromatic N) is 5. The number of hydrogen-bond acceptors (Lipinski definition) is 8. The van der Waals surface area contributed by atoms with E-state index in [1.54, 1.807) is 12.4 Å². The molecule has 0 unspecified atom stereocenters. The second-order valence-electron chi connectivity index (χ2n) is 7.65. The molecule has 0 aromatic carbocycles. The maximum atomic E-state index is 12.6. The minimum atomic E-state index is -3.31. The third-order valence-electron chi connectivity index (χ3n) is 5.62. The second-order valence-corrected chi connectivity index (χ2v) is 9.74. The highest BCUT2D eigenvalue weighted by atomic mass is 32.2. The van der Waals surface area contributed by atoms with E-state index < -0.39 is 10.0 Å². The number of anilines is 1. The summed E-state index contributed by atoms with van der Waals surface area (Å²) >= 11 is 0. The number of fused-ring (bicyclic) bond motifs is 1. The zero-order chi connectivity index (χ0) is 20.3. The average molecular weight is 421 g/mol. The lowest BCUT2D eigenvalue weighted by Gasteiger charge is -2.28. The fraction of sp³-hybridized carbons (Fsp3) is 0.632. The number of aromatic nitrogens is 3. The van der Waals surface area contributed by atoms with Crippen LogP contribution in [0.25, 0.3) is 10.9 Å². The topological polar surface area (TPSA) is 101 Å². The lowest BCUT2D eigenvalue weighted by molar-refractivity contribution is 0.0731. The molecule has 0 atom stereocenters. The molecule has 158 valence electrons. The molecule has 1 N–H and O–H groups in total. The molecule has 0 spiro atoms. The van der Waals surface area contributed by atoms with Gasteiger partial charge in [-0.1, -0.05) is 0 Å². The minimum absolute atomic E-state index is 0.0210. The van der Waals surface area contributed by atoms with Crippen LogP contribution in [-0.4, -0.2) is 91.3 Å². The van der Waals surface area contributed by atoms with Crippen LogP contribution in [0.3, 0.4) is 0 Å². The second kappa shape index (κ2) is 8.86. The van der Waals surface area contributed by atoms with Gasteiger partial charge in [0, 0.05) is 37.1 Å². The smallest absolute Gasteiger partial charge is 0.215 e. The van der Waals surface area contributed by atoms with Crippen molar-refractivity contribution < 1.29 is 13.2 Å². The summed E-state index contributed by atoms with van der Waals surface area (Å²) in [5.41, 5.74) is 0.787. The van der Waals surface area contributed by atoms with Crippen molar-refractivity contribution in [3.63, 3.8) is 0 Å². The normalized spacial score (nSPS) is 20.2. The number of likely N-dealkylation sites (tertiary alicyclic amines) is 1. The van der Waals surface area contributed by atoms with E-state index in [9.17, 15) is 8.42 Å². The van der Waals surface area contributed by atoms with Gasteiger partial charge in [-0.25, -0.2) is 18.4 Å². The Hall–Kier alpha value is -1.88. The molecule has 0 saturated carbocycles. The standard InChI is InChI=1S/C19H28N6O3S/c1-24-7-3-15(4-8-24)18-22-17-14-20-5-2-16(17)19(23-18)21-6-13-29(26,27)25-9-11-28-12-10-25/h2,5,14-15H,3-4,6-13H2,1H3,(H,21,22,23). The van der Waals surface area contributed by atoms with Gasteiger partial charge < -0.3 is 15.0 Å². The largest absolute Gasteiger partial charge is 0.379 e. The first-order valence-corrected chi connectivity index (χ1v) is 11.7. The molecule has 0 bridgehead atoms. The molecule has 0 amide bonds. The average Bonchev–Trinajstić information content (AvgIpc) is 2.74. The number of sulfonamides is 1. The van der Waals surface area contributed by atoms with Crippen LogP contribution in [0.2, 0.25) is 0 Å². The Balaban J connectivity index is 1.50. The molecule has 9 nitrogen and oxygen atoms in total. The summed E-state index contributed by atoms with van der Waals surface area (Å²) in [7, 11) is -1.19. The van der Waals surface area contributed by atoms with Crippen molar-refractivity contribution in [1.82, 2.24) is 24.2 Å². The zero-order valence-corrected chi connectivity index (χ0v) is 17.6. The van der Waals surface area contributed by atoms with Crippen LogP contribution in [0, 0.1) is 0 Å². The lowest BCUT2D eigenvalue weighted by atomic mass is 9.96. The molecule has 2 aromatic rings. The highest BCUT2D eigenvalue weighted by Crippen LogP contribution is 2.28. The Kier molecular flexibility index (Phi) is 6.23. The van der Waals surface area contributed by atoms with Crippen molar-refractivity contribution in [1.29, 1.82) is 0 Å². The highest BCUT2D eigenvalue weighted by molar-refractivity contribution is 7.89. The van der Waals surface area contributed by atoms with Gasteiger partial charge >= 0.3 is 0 Å². The SMILES string of the molecule is CN1CCC(c2nc(NCCS(=O)(=O)N3CCOCC3)c3ccncc3n2)CC1. The van der Waals surface area contributed by atoms with Gasteiger partial charge in [0.15, 0.2) is 0 Å². The molecular formula is C19H28N6O3S. The van der Waals surface area contributed by atoms with E-state index in [1.807, 2.05) is 6.07 Å². The summed E-state index contributed by atoms with van der Waals surface area (Å²) in [6.45, 7) is 4.10. The van der Waals surface area contributed by atoms with E-state index in [-0.39, 0.29) is 5.75 Å². The summed E-state index contributed by atoms with van der Waals surface area (Å²) in [4.78, 5) is 16.0. The van der Waals surface area contributed by atoms with E-state index in [0.717, 1.165) is 42.7 Å². The molecule has 29 heavy (non-hydrogen) atoms. The summed E-state index contributed by atoms with van der Waals surface area (Å²) in [5.74, 6) is 1.83. The minimum Gasteiger partial charge on any atom is -0.379 e. The van der Waals surface area contributed by atoms with Crippen molar-refractivity contribution in [3.8, 4) is 0 Å². The van der Waals surface area contributed by atoms with Crippen molar-refractivity contribution >= 4 is 26.7 Å². The van der Waals surface area contributed by atoms with Gasteiger partial charge in [0.25, 0.3) is 0 Å². The molecule has 2 fully saturated rings. The molecule has 10 heteroatoms. The summed E-state index contributed by atoms with van der Waals surface area (Å²) in [5, 5.41) is 4.11. The fourth-order valence-corrected chi connectivity index (χ4v) is 5.16. The maximum absolute atomic E-state index is 12.6. The van der Waals surface area contributed by atoms with Crippen LogP contribution >= 0.6 is 0 Å². The van der Waals surface area contributed by atoms with Gasteiger partial charge in [0.1, 0.15) is 11.6 Å². The Morgan fingerprint density at radius 3 is 2.69 bits per heavy atom. The molecule has 2 aromatic heterocycles. The monoisotopic (exact) mass is 420 g/mol. The Labute approximate surface area is 171 Å². The number of ether oxygens (including phenoxy) is 1. The van der Waals surface area contributed by atoms with Crippen LogP contribution in [0.4, 0.5) is 5.82 Å². The predicted octanol–water partition coefficient (Wildman–Crippen LogP) is 0.908. The van der Waals surface area contributed by atoms with Crippen LogP contribution in [-0.2, 0) is 14.8 Å². The molecule has 2 aliphatic rings. The Morgan fingerprint density at radius 1 is 1.17 bits per heavy atom. The van der Waals surface area contributed by atoms with Crippen molar-refractivity contribution in [3.05, 3.63) is 24.3 Å². The first-order valence-electron chi connectivity index (χ1n) is 10.1. The highest BCUT2D eigenvalue weighted by Gasteiger charge is 2.25. The number of rotatable bonds is 6. The van der Waals surface area contributed by atoms with E-state index in [0.29, 0.717) is 44.6 Å². The van der Waals surface area contributed by atoms with Crippen molar-refractivity contribution in [2.45, 2.75) is 18.8 Å². The third kappa shape index (κ3) is 4.82. The molecule has 4 heterocycles. The molecule has 0 radical (unpaired) electrons. The van der Waals surface area contributed by atoms with Gasteiger partial charge in [-0.3, -0.25) is 4.98 Å². The van der Waals surface area contributed by atoms with Gasteiger partial charge in [0.2, 0.25) is 10.0 Å². The Morgan fingerprint density at radius 2 is 1.93 bits per heavy atom. The Bertz CT molecular complexity index is 940. The number of piperidine rings is 1. The predicted molar refractivity (Wildman–Crippen MR) is 111 cm³/mol. The number of hydrogen-bond donors (Lipinski definition) is 1. The number of morpholine rings is 1. The first kappa shape index (κ1) is 20.4. The molecule has 0 aliphatic carbocycles. The summed E-state index contributed by atoms with van der Waals surface area (Å²) in [6.07, 6.45) is 5.49. The van der Waals surface area contributed by atoms with Crippen LogP contribution in [0.1, 0.15) is 24.6 Å². The van der Waals surface area contributed by atoms with Gasteiger partial charge in [0.05, 0.1) is 30.7 Å². The third-order valence-corrected chi connectivity index (χ3v) is 7.49. The van der Waals surface area contributed by atoms with Crippen LogP contribution in [0.15, 0.2) is 18.5 Å². The fourth-order valence-electron chi connectivity index (χ4n) is 3.84. The van der Waals surface area contributed by atoms with Gasteiger partial charge in [-0.05, 0) is 39.0 Å². The van der Waals surface area contributed by atoms with Crippen molar-refractivity contribution in [2.24, 2.45) is 0 Å². The quantitative estimate of drug-likeness (QED) is 0.736. The summed E-state index contributed by atoms with van der Waals surface area (Å²) < 4.78 is 31.9. The number of nitrogens with one attached hydrogen (secondary N) is 1. The zero-order valence-electron chi connectivity index (χ0n) is 16.7. The van der Waals surface area contributed by atoms with Crippen LogP contribution < -0.4 is 5.32 Å². The van der Waals surface area contributed by atoms with Crippen molar-refractivity contribution in [2.75, 3.05) is 64.1 Å². The summed E-state index contributed by atoms with van der Waals surface area (Å²) in [6, 6.07) is 1.87. The molecule has 2 saturated heterocycles. The van der Waals surface area contributed by atoms with E-state index >= 15 is 0 Å². The van der Waals surface area contributed by atoms with E-state index in [2.05, 4.69) is 22.2 Å². The van der Waals surface area contributed by atoms with Gasteiger partial charge in [-0.15, -0.1) is 0 Å². The van der Waals surface area contributed by atoms with E-state index in [4.69, 9.17) is 14.7 Å². The molecule has 2 aliphatic heterocycles. The maximum Gasteiger partial charge on any atom is 0.215 e. The van der Waals surface area contributed by atoms with Gasteiger partial charge in [-0.2, -0.15) is 4.31 Å². The number of pyridine rings is 1. The van der Waals surface area contributed by atoms with E-state index in [1.165, 1.54) is 4.31 Å².